The molecule has 0 unspecified atom stereocenters. The number of nitrogens with zero attached hydrogens (tertiary/aromatic N) is 2. The Morgan fingerprint density at radius 2 is 2.53 bits per heavy atom. The Bertz CT molecular complexity index is 363. The van der Waals surface area contributed by atoms with Gasteiger partial charge in [0.15, 0.2) is 0 Å². The highest BCUT2D eigenvalue weighted by molar-refractivity contribution is 5.78. The van der Waals surface area contributed by atoms with Gasteiger partial charge in [0.2, 0.25) is 5.91 Å². The van der Waals surface area contributed by atoms with Gasteiger partial charge in [0.05, 0.1) is 6.42 Å². The Morgan fingerprint density at radius 3 is 3.18 bits per heavy atom. The molecule has 0 saturated carbocycles. The molecule has 1 fully saturated rings. The van der Waals surface area contributed by atoms with Crippen LogP contribution in [0.5, 0.6) is 0 Å². The van der Waals surface area contributed by atoms with Crippen molar-refractivity contribution in [3.63, 3.8) is 0 Å². The third-order valence-electron chi connectivity index (χ3n) is 3.58. The van der Waals surface area contributed by atoms with E-state index in [4.69, 9.17) is 5.73 Å². The second-order valence-electron chi connectivity index (χ2n) is 4.77. The molecule has 1 aromatic rings. The molecular weight excluding hydrogens is 216 g/mol. The van der Waals surface area contributed by atoms with Gasteiger partial charge in [-0.3, -0.25) is 9.89 Å². The van der Waals surface area contributed by atoms with E-state index >= 15 is 0 Å². The maximum Gasteiger partial charge on any atom is 0.228 e. The van der Waals surface area contributed by atoms with Gasteiger partial charge in [-0.15, -0.1) is 0 Å². The summed E-state index contributed by atoms with van der Waals surface area (Å²) in [6, 6.07) is 2.03. The van der Waals surface area contributed by atoms with Crippen LogP contribution in [0.15, 0.2) is 12.3 Å². The number of H-pyrrole nitrogens is 1. The fourth-order valence-electron chi connectivity index (χ4n) is 2.57. The van der Waals surface area contributed by atoms with Crippen LogP contribution in [0.25, 0.3) is 0 Å². The molecule has 94 valence electrons. The number of nitrogens with two attached hydrogens (primary N) is 1. The SMILES string of the molecule is C[C@H]1CCCN(C(=O)Cc2ccn[nH]2)[C@@H]1CN. The lowest BCUT2D eigenvalue weighted by Gasteiger charge is -2.39. The first kappa shape index (κ1) is 12.1. The standard InChI is InChI=1S/C12H20N4O/c1-9-3-2-6-16(11(9)8-13)12(17)7-10-4-5-14-15-10/h4-5,9,11H,2-3,6-8,13H2,1H3,(H,14,15)/t9-,11+/m0/s1. The Kier molecular flexibility index (Phi) is 3.78. The molecule has 1 saturated heterocycles. The topological polar surface area (TPSA) is 75.0 Å². The van der Waals surface area contributed by atoms with Crippen molar-refractivity contribution in [1.82, 2.24) is 15.1 Å². The summed E-state index contributed by atoms with van der Waals surface area (Å²) in [5.41, 5.74) is 6.65. The zero-order valence-corrected chi connectivity index (χ0v) is 10.2. The summed E-state index contributed by atoms with van der Waals surface area (Å²) in [7, 11) is 0. The lowest BCUT2D eigenvalue weighted by Crippen LogP contribution is -2.51. The molecule has 2 atom stereocenters. The summed E-state index contributed by atoms with van der Waals surface area (Å²) >= 11 is 0. The predicted molar refractivity (Wildman–Crippen MR) is 65.2 cm³/mol. The van der Waals surface area contributed by atoms with E-state index in [-0.39, 0.29) is 11.9 Å². The Balaban J connectivity index is 2.02. The molecule has 5 heteroatoms. The first-order valence-electron chi connectivity index (χ1n) is 6.20. The third kappa shape index (κ3) is 2.66. The second kappa shape index (κ2) is 5.31. The number of piperidine rings is 1. The number of aromatic nitrogens is 2. The summed E-state index contributed by atoms with van der Waals surface area (Å²) in [6.45, 7) is 3.56. The van der Waals surface area contributed by atoms with Crippen molar-refractivity contribution < 1.29 is 4.79 Å². The number of carbonyl (C=O) groups is 1. The molecule has 0 aliphatic carbocycles. The van der Waals surface area contributed by atoms with E-state index in [1.807, 2.05) is 11.0 Å². The van der Waals surface area contributed by atoms with Crippen LogP contribution in [0.3, 0.4) is 0 Å². The lowest BCUT2D eigenvalue weighted by atomic mass is 9.90. The van der Waals surface area contributed by atoms with Crippen LogP contribution in [-0.4, -0.2) is 40.1 Å². The van der Waals surface area contributed by atoms with E-state index in [1.54, 1.807) is 6.20 Å². The molecule has 0 bridgehead atoms. The van der Waals surface area contributed by atoms with Crippen molar-refractivity contribution in [3.8, 4) is 0 Å². The summed E-state index contributed by atoms with van der Waals surface area (Å²) in [5.74, 6) is 0.649. The maximum atomic E-state index is 12.2. The number of aromatic amines is 1. The van der Waals surface area contributed by atoms with Crippen LogP contribution in [0, 0.1) is 5.92 Å². The van der Waals surface area contributed by atoms with Crippen molar-refractivity contribution >= 4 is 5.91 Å². The highest BCUT2D eigenvalue weighted by Gasteiger charge is 2.30. The van der Waals surface area contributed by atoms with Crippen LogP contribution >= 0.6 is 0 Å². The van der Waals surface area contributed by atoms with E-state index in [0.717, 1.165) is 25.1 Å². The van der Waals surface area contributed by atoms with Gasteiger partial charge in [0, 0.05) is 31.0 Å². The van der Waals surface area contributed by atoms with Crippen LogP contribution in [0.2, 0.25) is 0 Å². The maximum absolute atomic E-state index is 12.2. The minimum atomic E-state index is 0.149. The van der Waals surface area contributed by atoms with Crippen LogP contribution in [0.1, 0.15) is 25.5 Å². The highest BCUT2D eigenvalue weighted by atomic mass is 16.2. The Hall–Kier alpha value is -1.36. The molecule has 17 heavy (non-hydrogen) atoms. The minimum Gasteiger partial charge on any atom is -0.338 e. The van der Waals surface area contributed by atoms with Crippen LogP contribution in [0.4, 0.5) is 0 Å². The summed E-state index contributed by atoms with van der Waals surface area (Å²) in [4.78, 5) is 14.1. The first-order chi connectivity index (χ1) is 8.22. The van der Waals surface area contributed by atoms with Crippen molar-refractivity contribution in [2.24, 2.45) is 11.7 Å². The van der Waals surface area contributed by atoms with Gasteiger partial charge in [0.1, 0.15) is 0 Å². The van der Waals surface area contributed by atoms with Crippen molar-refractivity contribution in [3.05, 3.63) is 18.0 Å². The largest absolute Gasteiger partial charge is 0.338 e. The molecule has 1 aromatic heterocycles. The molecule has 1 aliphatic heterocycles. The van der Waals surface area contributed by atoms with Gasteiger partial charge >= 0.3 is 0 Å². The monoisotopic (exact) mass is 236 g/mol. The van der Waals surface area contributed by atoms with Crippen LogP contribution in [-0.2, 0) is 11.2 Å². The lowest BCUT2D eigenvalue weighted by molar-refractivity contribution is -0.135. The average Bonchev–Trinajstić information content (AvgIpc) is 2.81. The van der Waals surface area contributed by atoms with Crippen molar-refractivity contribution in [2.75, 3.05) is 13.1 Å². The second-order valence-corrected chi connectivity index (χ2v) is 4.77. The number of amides is 1. The number of hydrogen-bond donors (Lipinski definition) is 2. The molecular formula is C12H20N4O. The smallest absolute Gasteiger partial charge is 0.228 e. The van der Waals surface area contributed by atoms with Crippen molar-refractivity contribution in [1.29, 1.82) is 0 Å². The number of likely N-dealkylation sites (tertiary alicyclic amines) is 1. The van der Waals surface area contributed by atoms with E-state index in [0.29, 0.717) is 18.9 Å². The molecule has 0 spiro atoms. The van der Waals surface area contributed by atoms with Gasteiger partial charge in [-0.25, -0.2) is 0 Å². The van der Waals surface area contributed by atoms with E-state index in [9.17, 15) is 4.79 Å². The van der Waals surface area contributed by atoms with Crippen molar-refractivity contribution in [2.45, 2.75) is 32.2 Å². The van der Waals surface area contributed by atoms with Crippen LogP contribution < -0.4 is 5.73 Å². The molecule has 1 aliphatic rings. The third-order valence-corrected chi connectivity index (χ3v) is 3.58. The number of hydrogen-bond acceptors (Lipinski definition) is 3. The predicted octanol–water partition coefficient (Wildman–Crippen LogP) is 0.538. The number of nitrogens with one attached hydrogen (secondary N) is 1. The van der Waals surface area contributed by atoms with Gasteiger partial charge < -0.3 is 10.6 Å². The molecule has 2 heterocycles. The first-order valence-corrected chi connectivity index (χ1v) is 6.20. The average molecular weight is 236 g/mol. The fraction of sp³-hybridized carbons (Fsp3) is 0.667. The van der Waals surface area contributed by atoms with Gasteiger partial charge in [-0.05, 0) is 24.8 Å². The van der Waals surface area contributed by atoms with E-state index < -0.39 is 0 Å². The van der Waals surface area contributed by atoms with Gasteiger partial charge in [0.25, 0.3) is 0 Å². The molecule has 5 nitrogen and oxygen atoms in total. The molecule has 0 aromatic carbocycles. The highest BCUT2D eigenvalue weighted by Crippen LogP contribution is 2.23. The van der Waals surface area contributed by atoms with Gasteiger partial charge in [-0.2, -0.15) is 5.10 Å². The normalized spacial score (nSPS) is 24.9. The van der Waals surface area contributed by atoms with E-state index in [2.05, 4.69) is 17.1 Å². The summed E-state index contributed by atoms with van der Waals surface area (Å²) in [5, 5.41) is 6.68. The summed E-state index contributed by atoms with van der Waals surface area (Å²) < 4.78 is 0. The van der Waals surface area contributed by atoms with E-state index in [1.165, 1.54) is 0 Å². The Labute approximate surface area is 101 Å². The molecule has 2 rings (SSSR count). The molecule has 3 N–H and O–H groups in total. The number of carbonyl (C=O) groups excluding carboxylic acids is 1. The fourth-order valence-corrected chi connectivity index (χ4v) is 2.57. The minimum absolute atomic E-state index is 0.149. The molecule has 1 amide bonds. The quantitative estimate of drug-likeness (QED) is 0.804. The molecule has 0 radical (unpaired) electrons. The zero-order chi connectivity index (χ0) is 12.3. The number of rotatable bonds is 3. The Morgan fingerprint density at radius 1 is 1.71 bits per heavy atom. The van der Waals surface area contributed by atoms with Gasteiger partial charge in [-0.1, -0.05) is 6.92 Å². The zero-order valence-electron chi connectivity index (χ0n) is 10.2. The summed E-state index contributed by atoms with van der Waals surface area (Å²) in [6.07, 6.45) is 4.30.